The molecule has 0 aliphatic heterocycles. The molecule has 0 aliphatic rings. The van der Waals surface area contributed by atoms with E-state index < -0.39 is 0 Å². The van der Waals surface area contributed by atoms with Crippen molar-refractivity contribution in [3.63, 3.8) is 0 Å². The van der Waals surface area contributed by atoms with E-state index in [4.69, 9.17) is 5.73 Å². The lowest BCUT2D eigenvalue weighted by molar-refractivity contribution is 0.0924. The Morgan fingerprint density at radius 2 is 2.16 bits per heavy atom. The topological polar surface area (TPSA) is 60.0 Å². The van der Waals surface area contributed by atoms with Crippen LogP contribution in [-0.4, -0.2) is 23.1 Å². The van der Waals surface area contributed by atoms with Gasteiger partial charge in [-0.3, -0.25) is 4.79 Å². The maximum absolute atomic E-state index is 12.2. The average molecular weight is 353 g/mol. The number of hydrogen-bond donors (Lipinski definition) is 2. The van der Waals surface area contributed by atoms with E-state index >= 15 is 0 Å². The third-order valence-corrected chi connectivity index (χ3v) is 3.25. The van der Waals surface area contributed by atoms with Crippen LogP contribution in [-0.2, 0) is 6.54 Å². The summed E-state index contributed by atoms with van der Waals surface area (Å²) in [5, 5.41) is 3.00. The van der Waals surface area contributed by atoms with Gasteiger partial charge in [-0.2, -0.15) is 0 Å². The highest BCUT2D eigenvalue weighted by Crippen LogP contribution is 2.15. The first-order valence-electron chi connectivity index (χ1n) is 6.34. The van der Waals surface area contributed by atoms with Crippen LogP contribution < -0.4 is 11.1 Å². The molecule has 0 fully saturated rings. The van der Waals surface area contributed by atoms with E-state index in [9.17, 15) is 4.79 Å². The van der Waals surface area contributed by atoms with E-state index in [0.29, 0.717) is 18.2 Å². The maximum Gasteiger partial charge on any atom is 0.268 e. The van der Waals surface area contributed by atoms with Crippen molar-refractivity contribution < 1.29 is 4.79 Å². The van der Waals surface area contributed by atoms with Gasteiger partial charge in [-0.25, -0.2) is 0 Å². The normalized spacial score (nSPS) is 12.1. The molecule has 0 saturated carbocycles. The van der Waals surface area contributed by atoms with Crippen molar-refractivity contribution in [2.45, 2.75) is 39.8 Å². The number of nitrogens with zero attached hydrogens (tertiary/aromatic N) is 1. The van der Waals surface area contributed by atoms with Crippen molar-refractivity contribution in [3.05, 3.63) is 22.4 Å². The van der Waals surface area contributed by atoms with Gasteiger partial charge in [0, 0.05) is 29.8 Å². The van der Waals surface area contributed by atoms with E-state index in [-0.39, 0.29) is 24.4 Å². The summed E-state index contributed by atoms with van der Waals surface area (Å²) >= 11 is 3.39. The molecule has 1 aromatic heterocycles. The van der Waals surface area contributed by atoms with Gasteiger partial charge < -0.3 is 15.6 Å². The predicted molar refractivity (Wildman–Crippen MR) is 84.8 cm³/mol. The van der Waals surface area contributed by atoms with Crippen LogP contribution in [0.15, 0.2) is 16.7 Å². The van der Waals surface area contributed by atoms with Crippen molar-refractivity contribution in [1.82, 2.24) is 9.88 Å². The molecule has 19 heavy (non-hydrogen) atoms. The molecule has 1 atom stereocenters. The van der Waals surface area contributed by atoms with Crippen molar-refractivity contribution in [1.29, 1.82) is 0 Å². The highest BCUT2D eigenvalue weighted by atomic mass is 79.9. The van der Waals surface area contributed by atoms with Crippen LogP contribution in [0.3, 0.4) is 0 Å². The lowest BCUT2D eigenvalue weighted by Crippen LogP contribution is -2.41. The smallest absolute Gasteiger partial charge is 0.268 e. The van der Waals surface area contributed by atoms with Crippen LogP contribution in [0.25, 0.3) is 0 Å². The minimum Gasteiger partial charge on any atom is -0.347 e. The molecule has 0 spiro atoms. The van der Waals surface area contributed by atoms with Crippen LogP contribution in [0.4, 0.5) is 0 Å². The molecule has 4 nitrogen and oxygen atoms in total. The number of aryl methyl sites for hydroxylation is 1. The third-order valence-electron chi connectivity index (χ3n) is 2.81. The quantitative estimate of drug-likeness (QED) is 0.827. The Bertz CT molecular complexity index is 407. The fourth-order valence-electron chi connectivity index (χ4n) is 1.97. The second kappa shape index (κ2) is 8.61. The van der Waals surface area contributed by atoms with Crippen molar-refractivity contribution in [2.75, 3.05) is 6.54 Å². The predicted octanol–water partition coefficient (Wildman–Crippen LogP) is 2.80. The van der Waals surface area contributed by atoms with Crippen LogP contribution >= 0.6 is 28.3 Å². The lowest BCUT2D eigenvalue weighted by Gasteiger charge is -2.19. The summed E-state index contributed by atoms with van der Waals surface area (Å²) in [5.74, 6) is 0.460. The number of hydrogen-bond acceptors (Lipinski definition) is 2. The monoisotopic (exact) mass is 351 g/mol. The van der Waals surface area contributed by atoms with Gasteiger partial charge in [0.25, 0.3) is 5.91 Å². The number of amides is 1. The zero-order chi connectivity index (χ0) is 13.7. The second-order valence-corrected chi connectivity index (χ2v) is 5.78. The van der Waals surface area contributed by atoms with E-state index in [0.717, 1.165) is 17.4 Å². The van der Waals surface area contributed by atoms with Gasteiger partial charge in [-0.1, -0.05) is 13.8 Å². The molecule has 1 aromatic rings. The zero-order valence-electron chi connectivity index (χ0n) is 11.6. The van der Waals surface area contributed by atoms with Gasteiger partial charge >= 0.3 is 0 Å². The van der Waals surface area contributed by atoms with Crippen LogP contribution in [0.2, 0.25) is 0 Å². The molecule has 1 amide bonds. The summed E-state index contributed by atoms with van der Waals surface area (Å²) < 4.78 is 2.84. The Balaban J connectivity index is 0.00000324. The van der Waals surface area contributed by atoms with Crippen LogP contribution in [0.5, 0.6) is 0 Å². The standard InChI is InChI=1S/C13H22BrN3O.ClH/c1-4-17-8-10(14)6-12(17)13(18)16-11(7-15)5-9(2)3;/h6,8-9,11H,4-5,7,15H2,1-3H3,(H,16,18);1H. The first kappa shape index (κ1) is 18.5. The molecule has 110 valence electrons. The summed E-state index contributed by atoms with van der Waals surface area (Å²) in [7, 11) is 0. The van der Waals surface area contributed by atoms with E-state index in [2.05, 4.69) is 35.1 Å². The van der Waals surface area contributed by atoms with Gasteiger partial charge in [0.15, 0.2) is 0 Å². The number of halogens is 2. The molecular formula is C13H23BrClN3O. The number of carbonyl (C=O) groups excluding carboxylic acids is 1. The summed E-state index contributed by atoms with van der Waals surface area (Å²) in [4.78, 5) is 12.2. The average Bonchev–Trinajstić information content (AvgIpc) is 2.69. The molecule has 0 aromatic carbocycles. The summed E-state index contributed by atoms with van der Waals surface area (Å²) in [6.07, 6.45) is 2.81. The fraction of sp³-hybridized carbons (Fsp3) is 0.615. The number of nitrogens with one attached hydrogen (secondary N) is 1. The van der Waals surface area contributed by atoms with E-state index in [1.165, 1.54) is 0 Å². The minimum atomic E-state index is -0.0568. The molecule has 1 heterocycles. The highest BCUT2D eigenvalue weighted by molar-refractivity contribution is 9.10. The number of rotatable bonds is 6. The number of nitrogens with two attached hydrogens (primary N) is 1. The van der Waals surface area contributed by atoms with Gasteiger partial charge in [0.05, 0.1) is 0 Å². The molecule has 1 rings (SSSR count). The first-order valence-corrected chi connectivity index (χ1v) is 7.13. The van der Waals surface area contributed by atoms with Crippen molar-refractivity contribution in [2.24, 2.45) is 11.7 Å². The molecule has 0 radical (unpaired) electrons. The molecular weight excluding hydrogens is 330 g/mol. The fourth-order valence-corrected chi connectivity index (χ4v) is 2.43. The Labute approximate surface area is 129 Å². The molecule has 0 aliphatic carbocycles. The third kappa shape index (κ3) is 5.55. The summed E-state index contributed by atoms with van der Waals surface area (Å²) in [6, 6.07) is 1.87. The molecule has 0 bridgehead atoms. The van der Waals surface area contributed by atoms with Gasteiger partial charge in [-0.15, -0.1) is 12.4 Å². The SMILES string of the molecule is CCn1cc(Br)cc1C(=O)NC(CN)CC(C)C.Cl. The molecule has 1 unspecified atom stereocenters. The van der Waals surface area contributed by atoms with Crippen molar-refractivity contribution in [3.8, 4) is 0 Å². The molecule has 0 saturated heterocycles. The Hall–Kier alpha value is -0.520. The molecule has 3 N–H and O–H groups in total. The molecule has 6 heteroatoms. The zero-order valence-corrected chi connectivity index (χ0v) is 14.1. The van der Waals surface area contributed by atoms with E-state index in [1.807, 2.05) is 23.8 Å². The van der Waals surface area contributed by atoms with E-state index in [1.54, 1.807) is 0 Å². The Morgan fingerprint density at radius 1 is 1.53 bits per heavy atom. The largest absolute Gasteiger partial charge is 0.347 e. The highest BCUT2D eigenvalue weighted by Gasteiger charge is 2.17. The van der Waals surface area contributed by atoms with Crippen molar-refractivity contribution >= 4 is 34.2 Å². The second-order valence-electron chi connectivity index (χ2n) is 4.87. The van der Waals surface area contributed by atoms with Crippen LogP contribution in [0, 0.1) is 5.92 Å². The first-order chi connectivity index (χ1) is 8.47. The van der Waals surface area contributed by atoms with Gasteiger partial charge in [0.1, 0.15) is 5.69 Å². The Kier molecular flexibility index (Phi) is 8.38. The summed E-state index contributed by atoms with van der Waals surface area (Å²) in [5.41, 5.74) is 6.37. The minimum absolute atomic E-state index is 0. The van der Waals surface area contributed by atoms with Gasteiger partial charge in [-0.05, 0) is 41.3 Å². The number of aromatic nitrogens is 1. The maximum atomic E-state index is 12.2. The Morgan fingerprint density at radius 3 is 2.63 bits per heavy atom. The summed E-state index contributed by atoms with van der Waals surface area (Å²) in [6.45, 7) is 7.50. The van der Waals surface area contributed by atoms with Crippen LogP contribution in [0.1, 0.15) is 37.7 Å². The lowest BCUT2D eigenvalue weighted by atomic mass is 10.0. The number of carbonyl (C=O) groups is 1. The van der Waals surface area contributed by atoms with Gasteiger partial charge in [0.2, 0.25) is 0 Å².